The number of hydrogen-bond donors (Lipinski definition) is 0. The van der Waals surface area contributed by atoms with Crippen molar-refractivity contribution < 1.29 is 0 Å². The van der Waals surface area contributed by atoms with Crippen molar-refractivity contribution in [1.82, 2.24) is 9.13 Å². The van der Waals surface area contributed by atoms with Crippen LogP contribution in [0.1, 0.15) is 16.7 Å². The Morgan fingerprint density at radius 3 is 1.93 bits per heavy atom. The van der Waals surface area contributed by atoms with Crippen LogP contribution in [0.15, 0.2) is 127 Å². The highest BCUT2D eigenvalue weighted by Gasteiger charge is 2.19. The van der Waals surface area contributed by atoms with Crippen LogP contribution in [-0.4, -0.2) is 9.13 Å². The Morgan fingerprint density at radius 1 is 0.455 bits per heavy atom. The molecule has 0 saturated heterocycles. The lowest BCUT2D eigenvalue weighted by Gasteiger charge is -2.11. The lowest BCUT2D eigenvalue weighted by atomic mass is 9.98. The molecule has 0 amide bonds. The van der Waals surface area contributed by atoms with E-state index < -0.39 is 0 Å². The first-order valence-electron chi connectivity index (χ1n) is 14.2. The summed E-state index contributed by atoms with van der Waals surface area (Å²) < 4.78 is 4.35. The summed E-state index contributed by atoms with van der Waals surface area (Å²) in [6.45, 7) is 0. The molecule has 0 atom stereocenters. The molecule has 8 aromatic rings. The highest BCUT2D eigenvalue weighted by atomic mass is 15.0. The zero-order valence-electron chi connectivity index (χ0n) is 23.4. The summed E-state index contributed by atoms with van der Waals surface area (Å²) >= 11 is 0. The third-order valence-corrected chi connectivity index (χ3v) is 8.40. The van der Waals surface area contributed by atoms with Crippen molar-refractivity contribution in [2.45, 2.75) is 0 Å². The molecule has 8 rings (SSSR count). The molecule has 0 spiro atoms. The van der Waals surface area contributed by atoms with E-state index >= 15 is 0 Å². The summed E-state index contributed by atoms with van der Waals surface area (Å²) in [7, 11) is 0. The fourth-order valence-corrected chi connectivity index (χ4v) is 6.54. The standard InChI is InChI=1S/C39H21N5/c40-22-25-7-5-8-29(20-25)43-35-12-3-1-9-31(35)32-17-16-27(21-38(32)43)30-11-6-14-37-39(30)33-10-2-4-13-36(33)44(37)34-18-15-26(23-41)19-28(34)24-42/h1-21H. The lowest BCUT2D eigenvalue weighted by Crippen LogP contribution is -1.98. The van der Waals surface area contributed by atoms with E-state index in [1.165, 1.54) is 0 Å². The summed E-state index contributed by atoms with van der Waals surface area (Å²) in [4.78, 5) is 0. The average Bonchev–Trinajstić information content (AvgIpc) is 3.60. The van der Waals surface area contributed by atoms with Gasteiger partial charge < -0.3 is 9.13 Å². The zero-order chi connectivity index (χ0) is 29.8. The predicted molar refractivity (Wildman–Crippen MR) is 175 cm³/mol. The molecule has 2 heterocycles. The predicted octanol–water partition coefficient (Wildman–Crippen LogP) is 9.16. The van der Waals surface area contributed by atoms with Crippen LogP contribution in [0.4, 0.5) is 0 Å². The van der Waals surface area contributed by atoms with E-state index in [1.807, 2.05) is 48.5 Å². The summed E-state index contributed by atoms with van der Waals surface area (Å²) in [6.07, 6.45) is 0. The highest BCUT2D eigenvalue weighted by molar-refractivity contribution is 6.17. The molecule has 5 nitrogen and oxygen atoms in total. The third-order valence-electron chi connectivity index (χ3n) is 8.40. The molecular formula is C39H21N5. The molecule has 5 heteroatoms. The van der Waals surface area contributed by atoms with Gasteiger partial charge in [0.05, 0.1) is 56.6 Å². The van der Waals surface area contributed by atoms with Gasteiger partial charge in [0.1, 0.15) is 6.07 Å². The molecule has 0 aliphatic heterocycles. The Morgan fingerprint density at radius 2 is 1.14 bits per heavy atom. The number of aromatic nitrogens is 2. The van der Waals surface area contributed by atoms with E-state index in [1.54, 1.807) is 12.1 Å². The molecule has 6 aromatic carbocycles. The topological polar surface area (TPSA) is 81.2 Å². The van der Waals surface area contributed by atoms with E-state index in [-0.39, 0.29) is 0 Å². The van der Waals surface area contributed by atoms with Gasteiger partial charge in [-0.25, -0.2) is 0 Å². The second-order valence-electron chi connectivity index (χ2n) is 10.8. The minimum absolute atomic E-state index is 0.447. The van der Waals surface area contributed by atoms with Crippen LogP contribution in [0.5, 0.6) is 0 Å². The molecule has 0 fully saturated rings. The molecule has 2 aromatic heterocycles. The van der Waals surface area contributed by atoms with Crippen LogP contribution in [0, 0.1) is 34.0 Å². The van der Waals surface area contributed by atoms with Crippen molar-refractivity contribution >= 4 is 43.6 Å². The van der Waals surface area contributed by atoms with E-state index in [2.05, 4.69) is 94.1 Å². The molecule has 0 unspecified atom stereocenters. The van der Waals surface area contributed by atoms with Crippen LogP contribution < -0.4 is 0 Å². The first kappa shape index (κ1) is 25.1. The molecule has 0 saturated carbocycles. The van der Waals surface area contributed by atoms with Gasteiger partial charge in [0.2, 0.25) is 0 Å². The maximum absolute atomic E-state index is 10.0. The summed E-state index contributed by atoms with van der Waals surface area (Å²) in [5.74, 6) is 0. The molecule has 0 bridgehead atoms. The smallest absolute Gasteiger partial charge is 0.101 e. The minimum atomic E-state index is 0.447. The van der Waals surface area contributed by atoms with Gasteiger partial charge in [-0.3, -0.25) is 0 Å². The summed E-state index contributed by atoms with van der Waals surface area (Å²) in [5, 5.41) is 33.5. The second kappa shape index (κ2) is 9.74. The number of fused-ring (bicyclic) bond motifs is 6. The monoisotopic (exact) mass is 559 g/mol. The Balaban J connectivity index is 1.44. The molecular weight excluding hydrogens is 538 g/mol. The van der Waals surface area contributed by atoms with Gasteiger partial charge in [-0.15, -0.1) is 0 Å². The summed E-state index contributed by atoms with van der Waals surface area (Å²) in [5.41, 5.74) is 9.43. The quantitative estimate of drug-likeness (QED) is 0.216. The molecule has 44 heavy (non-hydrogen) atoms. The number of nitrogens with zero attached hydrogens (tertiary/aromatic N) is 5. The second-order valence-corrected chi connectivity index (χ2v) is 10.8. The van der Waals surface area contributed by atoms with Crippen LogP contribution in [0.25, 0.3) is 66.1 Å². The third kappa shape index (κ3) is 3.63. The molecule has 202 valence electrons. The van der Waals surface area contributed by atoms with Crippen molar-refractivity contribution in [3.05, 3.63) is 144 Å². The van der Waals surface area contributed by atoms with Crippen LogP contribution in [-0.2, 0) is 0 Å². The van der Waals surface area contributed by atoms with Gasteiger partial charge in [0.15, 0.2) is 0 Å². The Kier molecular flexibility index (Phi) is 5.56. The Hall–Kier alpha value is -6.61. The van der Waals surface area contributed by atoms with Gasteiger partial charge >= 0.3 is 0 Å². The number of rotatable bonds is 3. The fourth-order valence-electron chi connectivity index (χ4n) is 6.54. The first-order chi connectivity index (χ1) is 21.7. The zero-order valence-corrected chi connectivity index (χ0v) is 23.4. The molecule has 0 aliphatic carbocycles. The van der Waals surface area contributed by atoms with Crippen molar-refractivity contribution in [3.8, 4) is 40.7 Å². The van der Waals surface area contributed by atoms with Crippen LogP contribution in [0.3, 0.4) is 0 Å². The van der Waals surface area contributed by atoms with Gasteiger partial charge in [-0.1, -0.05) is 66.7 Å². The van der Waals surface area contributed by atoms with E-state index in [9.17, 15) is 15.8 Å². The van der Waals surface area contributed by atoms with Gasteiger partial charge in [0.25, 0.3) is 0 Å². The van der Waals surface area contributed by atoms with Gasteiger partial charge in [-0.2, -0.15) is 15.8 Å². The normalized spacial score (nSPS) is 11.1. The molecule has 0 radical (unpaired) electrons. The Bertz CT molecular complexity index is 2600. The lowest BCUT2D eigenvalue weighted by molar-refractivity contribution is 1.16. The van der Waals surface area contributed by atoms with Gasteiger partial charge in [-0.05, 0) is 71.8 Å². The van der Waals surface area contributed by atoms with Crippen LogP contribution >= 0.6 is 0 Å². The van der Waals surface area contributed by atoms with Crippen molar-refractivity contribution in [2.24, 2.45) is 0 Å². The van der Waals surface area contributed by atoms with Crippen LogP contribution in [0.2, 0.25) is 0 Å². The fraction of sp³-hybridized carbons (Fsp3) is 0. The number of benzene rings is 6. The summed E-state index contributed by atoms with van der Waals surface area (Å²) in [6, 6.07) is 49.2. The van der Waals surface area contributed by atoms with Crippen molar-refractivity contribution in [3.63, 3.8) is 0 Å². The number of para-hydroxylation sites is 2. The van der Waals surface area contributed by atoms with Crippen molar-refractivity contribution in [1.29, 1.82) is 15.8 Å². The van der Waals surface area contributed by atoms with E-state index in [4.69, 9.17) is 0 Å². The maximum Gasteiger partial charge on any atom is 0.101 e. The maximum atomic E-state index is 10.0. The number of nitriles is 3. The first-order valence-corrected chi connectivity index (χ1v) is 14.2. The SMILES string of the molecule is N#Cc1cccc(-n2c3ccccc3c3ccc(-c4cccc5c4c4ccccc4n5-c4ccc(C#N)cc4C#N)cc32)c1. The highest BCUT2D eigenvalue weighted by Crippen LogP contribution is 2.41. The van der Waals surface area contributed by atoms with Crippen molar-refractivity contribution in [2.75, 3.05) is 0 Å². The van der Waals surface area contributed by atoms with E-state index in [0.29, 0.717) is 16.7 Å². The number of hydrogen-bond acceptors (Lipinski definition) is 3. The average molecular weight is 560 g/mol. The largest absolute Gasteiger partial charge is 0.309 e. The Labute approximate surface area is 252 Å². The molecule has 0 N–H and O–H groups in total. The molecule has 0 aliphatic rings. The minimum Gasteiger partial charge on any atom is -0.309 e. The van der Waals surface area contributed by atoms with Gasteiger partial charge in [0, 0.05) is 27.2 Å². The van der Waals surface area contributed by atoms with E-state index in [0.717, 1.165) is 66.1 Å².